The van der Waals surface area contributed by atoms with Crippen molar-refractivity contribution in [1.29, 1.82) is 0 Å². The Morgan fingerprint density at radius 3 is 2.53 bits per heavy atom. The minimum atomic E-state index is -0.137. The van der Waals surface area contributed by atoms with Gasteiger partial charge < -0.3 is 10.4 Å². The van der Waals surface area contributed by atoms with Crippen molar-refractivity contribution in [2.75, 3.05) is 0 Å². The molecule has 0 aliphatic carbocycles. The predicted octanol–water partition coefficient (Wildman–Crippen LogP) is 3.28. The number of aryl methyl sites for hydroxylation is 1. The van der Waals surface area contributed by atoms with Gasteiger partial charge in [0.05, 0.1) is 0 Å². The molecule has 0 unspecified atom stereocenters. The van der Waals surface area contributed by atoms with Gasteiger partial charge in [0.2, 0.25) is 0 Å². The van der Waals surface area contributed by atoms with Crippen molar-refractivity contribution in [2.45, 2.75) is 13.5 Å². The van der Waals surface area contributed by atoms with Crippen LogP contribution in [-0.4, -0.2) is 11.0 Å². The predicted molar refractivity (Wildman–Crippen MR) is 75.5 cm³/mol. The lowest BCUT2D eigenvalue weighted by atomic mass is 10.1. The van der Waals surface area contributed by atoms with Crippen molar-refractivity contribution in [3.8, 4) is 5.75 Å². The second-order valence-corrected chi connectivity index (χ2v) is 4.74. The fraction of sp³-hybridized carbons (Fsp3) is 0.133. The Morgan fingerprint density at radius 2 is 1.89 bits per heavy atom. The van der Waals surface area contributed by atoms with E-state index in [4.69, 9.17) is 11.6 Å². The van der Waals surface area contributed by atoms with Gasteiger partial charge in [-0.15, -0.1) is 0 Å². The molecule has 1 amide bonds. The average Bonchev–Trinajstić information content (AvgIpc) is 2.37. The second-order valence-electron chi connectivity index (χ2n) is 4.31. The summed E-state index contributed by atoms with van der Waals surface area (Å²) in [6, 6.07) is 11.9. The molecule has 0 bridgehead atoms. The number of phenols is 1. The number of aromatic hydroxyl groups is 1. The highest BCUT2D eigenvalue weighted by atomic mass is 35.5. The van der Waals surface area contributed by atoms with Crippen LogP contribution in [0, 0.1) is 6.92 Å². The number of amides is 1. The van der Waals surface area contributed by atoms with Crippen LogP contribution in [0.2, 0.25) is 5.02 Å². The Labute approximate surface area is 116 Å². The van der Waals surface area contributed by atoms with Crippen molar-refractivity contribution in [1.82, 2.24) is 5.32 Å². The van der Waals surface area contributed by atoms with Crippen LogP contribution in [0.15, 0.2) is 42.5 Å². The maximum Gasteiger partial charge on any atom is 0.251 e. The highest BCUT2D eigenvalue weighted by Gasteiger charge is 2.08. The maximum atomic E-state index is 12.0. The normalized spacial score (nSPS) is 10.2. The van der Waals surface area contributed by atoms with Crippen LogP contribution in [-0.2, 0) is 6.54 Å². The number of carbonyl (C=O) groups is 1. The molecule has 19 heavy (non-hydrogen) atoms. The molecule has 0 radical (unpaired) electrons. The highest BCUT2D eigenvalue weighted by Crippen LogP contribution is 2.15. The minimum Gasteiger partial charge on any atom is -0.508 e. The summed E-state index contributed by atoms with van der Waals surface area (Å²) in [6.45, 7) is 2.27. The molecule has 0 heterocycles. The number of carbonyl (C=O) groups excluding carboxylic acids is 1. The Morgan fingerprint density at radius 1 is 1.21 bits per heavy atom. The number of hydrogen-bond donors (Lipinski definition) is 2. The van der Waals surface area contributed by atoms with Crippen molar-refractivity contribution in [2.24, 2.45) is 0 Å². The second kappa shape index (κ2) is 5.76. The van der Waals surface area contributed by atoms with Gasteiger partial charge in [-0.05, 0) is 48.4 Å². The first kappa shape index (κ1) is 13.4. The maximum absolute atomic E-state index is 12.0. The van der Waals surface area contributed by atoms with E-state index in [0.717, 1.165) is 11.1 Å². The smallest absolute Gasteiger partial charge is 0.251 e. The number of rotatable bonds is 3. The minimum absolute atomic E-state index is 0.137. The molecule has 0 saturated heterocycles. The third-order valence-corrected chi connectivity index (χ3v) is 3.06. The summed E-state index contributed by atoms with van der Waals surface area (Å²) >= 11 is 5.85. The first-order valence-corrected chi connectivity index (χ1v) is 6.26. The fourth-order valence-corrected chi connectivity index (χ4v) is 2.00. The van der Waals surface area contributed by atoms with E-state index in [2.05, 4.69) is 5.32 Å². The monoisotopic (exact) mass is 275 g/mol. The highest BCUT2D eigenvalue weighted by molar-refractivity contribution is 6.30. The molecule has 98 valence electrons. The lowest BCUT2D eigenvalue weighted by Crippen LogP contribution is -2.23. The van der Waals surface area contributed by atoms with Gasteiger partial charge in [0.1, 0.15) is 5.75 Å². The van der Waals surface area contributed by atoms with Crippen molar-refractivity contribution in [3.63, 3.8) is 0 Å². The Balaban J connectivity index is 2.03. The van der Waals surface area contributed by atoms with Crippen LogP contribution >= 0.6 is 11.6 Å². The zero-order chi connectivity index (χ0) is 13.8. The molecule has 0 aromatic heterocycles. The van der Waals surface area contributed by atoms with E-state index in [1.165, 1.54) is 0 Å². The molecule has 2 rings (SSSR count). The lowest BCUT2D eigenvalue weighted by Gasteiger charge is -2.08. The standard InChI is InChI=1S/C15H14ClNO2/c1-10-8-12(16)4-7-14(10)15(19)17-9-11-2-5-13(18)6-3-11/h2-8,18H,9H2,1H3,(H,17,19). The topological polar surface area (TPSA) is 49.3 Å². The average molecular weight is 276 g/mol. The molecule has 2 aromatic rings. The summed E-state index contributed by atoms with van der Waals surface area (Å²) in [5, 5.41) is 12.6. The zero-order valence-corrected chi connectivity index (χ0v) is 11.2. The molecule has 0 fully saturated rings. The van der Waals surface area contributed by atoms with Crippen molar-refractivity contribution in [3.05, 3.63) is 64.2 Å². The Kier molecular flexibility index (Phi) is 4.07. The third-order valence-electron chi connectivity index (χ3n) is 2.82. The van der Waals surface area contributed by atoms with E-state index in [9.17, 15) is 9.90 Å². The zero-order valence-electron chi connectivity index (χ0n) is 10.5. The van der Waals surface area contributed by atoms with E-state index in [0.29, 0.717) is 17.1 Å². The van der Waals surface area contributed by atoms with Gasteiger partial charge in [0, 0.05) is 17.1 Å². The number of benzene rings is 2. The molecule has 4 heteroatoms. The summed E-state index contributed by atoms with van der Waals surface area (Å²) < 4.78 is 0. The van der Waals surface area contributed by atoms with E-state index < -0.39 is 0 Å². The summed E-state index contributed by atoms with van der Waals surface area (Å²) in [6.07, 6.45) is 0. The summed E-state index contributed by atoms with van der Waals surface area (Å²) in [7, 11) is 0. The number of hydrogen-bond acceptors (Lipinski definition) is 2. The van der Waals surface area contributed by atoms with Gasteiger partial charge in [-0.3, -0.25) is 4.79 Å². The van der Waals surface area contributed by atoms with Gasteiger partial charge in [0.15, 0.2) is 0 Å². The molecule has 0 aliphatic heterocycles. The van der Waals surface area contributed by atoms with Crippen LogP contribution < -0.4 is 5.32 Å². The molecule has 3 nitrogen and oxygen atoms in total. The first-order valence-electron chi connectivity index (χ1n) is 5.88. The SMILES string of the molecule is Cc1cc(Cl)ccc1C(=O)NCc1ccc(O)cc1. The van der Waals surface area contributed by atoms with Crippen LogP contribution in [0.5, 0.6) is 5.75 Å². The molecular weight excluding hydrogens is 262 g/mol. The molecule has 0 atom stereocenters. The number of phenolic OH excluding ortho intramolecular Hbond substituents is 1. The number of halogens is 1. The largest absolute Gasteiger partial charge is 0.508 e. The molecule has 0 saturated carbocycles. The Hall–Kier alpha value is -2.00. The third kappa shape index (κ3) is 3.48. The number of nitrogens with one attached hydrogen (secondary N) is 1. The fourth-order valence-electron chi connectivity index (χ4n) is 1.77. The molecule has 2 aromatic carbocycles. The van der Waals surface area contributed by atoms with E-state index in [1.54, 1.807) is 42.5 Å². The van der Waals surface area contributed by atoms with Crippen LogP contribution in [0.4, 0.5) is 0 Å². The lowest BCUT2D eigenvalue weighted by molar-refractivity contribution is 0.0950. The van der Waals surface area contributed by atoms with Crippen LogP contribution in [0.25, 0.3) is 0 Å². The van der Waals surface area contributed by atoms with Gasteiger partial charge in [0.25, 0.3) is 5.91 Å². The molecule has 2 N–H and O–H groups in total. The van der Waals surface area contributed by atoms with E-state index in [-0.39, 0.29) is 11.7 Å². The van der Waals surface area contributed by atoms with Gasteiger partial charge in [-0.1, -0.05) is 23.7 Å². The van der Waals surface area contributed by atoms with E-state index >= 15 is 0 Å². The Bertz CT molecular complexity index is 594. The van der Waals surface area contributed by atoms with E-state index in [1.807, 2.05) is 6.92 Å². The molecule has 0 aliphatic rings. The molecule has 0 spiro atoms. The van der Waals surface area contributed by atoms with Gasteiger partial charge in [-0.25, -0.2) is 0 Å². The van der Waals surface area contributed by atoms with Crippen LogP contribution in [0.1, 0.15) is 21.5 Å². The summed E-state index contributed by atoms with van der Waals surface area (Å²) in [4.78, 5) is 12.0. The summed E-state index contributed by atoms with van der Waals surface area (Å²) in [5.41, 5.74) is 2.39. The first-order chi connectivity index (χ1) is 9.06. The van der Waals surface area contributed by atoms with Gasteiger partial charge in [-0.2, -0.15) is 0 Å². The van der Waals surface area contributed by atoms with Crippen molar-refractivity contribution < 1.29 is 9.90 Å². The molecular formula is C15H14ClNO2. The van der Waals surface area contributed by atoms with Crippen LogP contribution in [0.3, 0.4) is 0 Å². The summed E-state index contributed by atoms with van der Waals surface area (Å²) in [5.74, 6) is 0.0749. The van der Waals surface area contributed by atoms with Gasteiger partial charge >= 0.3 is 0 Å². The quantitative estimate of drug-likeness (QED) is 0.903. The van der Waals surface area contributed by atoms with Crippen molar-refractivity contribution >= 4 is 17.5 Å².